The molecule has 2 heterocycles. The van der Waals surface area contributed by atoms with Gasteiger partial charge in [-0.15, -0.1) is 0 Å². The van der Waals surface area contributed by atoms with Gasteiger partial charge in [-0.05, 0) is 6.92 Å². The molecular weight excluding hydrogens is 180 g/mol. The second kappa shape index (κ2) is 3.22. The average Bonchev–Trinajstić information content (AvgIpc) is 2.50. The molecule has 0 aliphatic rings. The van der Waals surface area contributed by atoms with Crippen molar-refractivity contribution >= 4 is 11.6 Å². The van der Waals surface area contributed by atoms with Gasteiger partial charge in [-0.3, -0.25) is 0 Å². The third kappa shape index (κ3) is 1.51. The zero-order valence-electron chi connectivity index (χ0n) is 8.39. The fourth-order valence-electron chi connectivity index (χ4n) is 1.24. The quantitative estimate of drug-likeness (QED) is 0.694. The Labute approximate surface area is 81.6 Å². The monoisotopic (exact) mass is 192 g/mol. The van der Waals surface area contributed by atoms with Gasteiger partial charge in [0.1, 0.15) is 12.1 Å². The second-order valence-corrected chi connectivity index (χ2v) is 3.26. The van der Waals surface area contributed by atoms with E-state index in [2.05, 4.69) is 20.5 Å². The minimum Gasteiger partial charge on any atom is -0.303 e. The zero-order chi connectivity index (χ0) is 10.1. The number of aryl methyl sites for hydroxylation is 1. The Morgan fingerprint density at radius 1 is 1.43 bits per heavy atom. The molecule has 74 valence electrons. The predicted octanol–water partition coefficient (Wildman–Crippen LogP) is 0.321. The van der Waals surface area contributed by atoms with E-state index in [1.807, 2.05) is 32.1 Å². The van der Waals surface area contributed by atoms with Gasteiger partial charge in [0.05, 0.1) is 0 Å². The van der Waals surface area contributed by atoms with Gasteiger partial charge in [0, 0.05) is 25.9 Å². The van der Waals surface area contributed by atoms with Crippen LogP contribution in [0.4, 0.5) is 5.82 Å². The highest BCUT2D eigenvalue weighted by Crippen LogP contribution is 2.09. The number of nitrogens with one attached hydrogen (secondary N) is 1. The number of aromatic nitrogens is 4. The Balaban J connectivity index is 2.55. The Morgan fingerprint density at radius 2 is 2.21 bits per heavy atom. The van der Waals surface area contributed by atoms with Crippen molar-refractivity contribution in [2.75, 3.05) is 19.5 Å². The standard InChI is InChI=1S/C8H12N6/c1-6-4-7(12-13(2)3)14-8(11-6)9-5-10-14/h4-5,12H,1-3H3. The normalized spacial score (nSPS) is 11.1. The van der Waals surface area contributed by atoms with E-state index in [1.54, 1.807) is 4.52 Å². The predicted molar refractivity (Wildman–Crippen MR) is 52.8 cm³/mol. The molecule has 0 aliphatic carbocycles. The number of hydrogen-bond donors (Lipinski definition) is 1. The summed E-state index contributed by atoms with van der Waals surface area (Å²) < 4.78 is 1.66. The van der Waals surface area contributed by atoms with Crippen molar-refractivity contribution in [3.63, 3.8) is 0 Å². The van der Waals surface area contributed by atoms with Crippen LogP contribution >= 0.6 is 0 Å². The zero-order valence-corrected chi connectivity index (χ0v) is 8.39. The average molecular weight is 192 g/mol. The molecule has 2 aromatic rings. The highest BCUT2D eigenvalue weighted by molar-refractivity contribution is 5.43. The number of anilines is 1. The van der Waals surface area contributed by atoms with E-state index in [4.69, 9.17) is 0 Å². The van der Waals surface area contributed by atoms with Crippen molar-refractivity contribution in [1.82, 2.24) is 24.6 Å². The van der Waals surface area contributed by atoms with E-state index in [1.165, 1.54) is 6.33 Å². The van der Waals surface area contributed by atoms with E-state index in [0.29, 0.717) is 5.78 Å². The van der Waals surface area contributed by atoms with Crippen molar-refractivity contribution in [2.24, 2.45) is 0 Å². The second-order valence-electron chi connectivity index (χ2n) is 3.26. The number of rotatable bonds is 2. The topological polar surface area (TPSA) is 58.4 Å². The third-order valence-corrected chi connectivity index (χ3v) is 1.72. The summed E-state index contributed by atoms with van der Waals surface area (Å²) >= 11 is 0. The third-order valence-electron chi connectivity index (χ3n) is 1.72. The van der Waals surface area contributed by atoms with Crippen LogP contribution in [0.15, 0.2) is 12.4 Å². The minimum absolute atomic E-state index is 0.606. The molecular formula is C8H12N6. The van der Waals surface area contributed by atoms with Gasteiger partial charge in [0.15, 0.2) is 0 Å². The highest BCUT2D eigenvalue weighted by Gasteiger charge is 2.04. The molecule has 0 saturated carbocycles. The molecule has 0 aliphatic heterocycles. The molecule has 0 fully saturated rings. The lowest BCUT2D eigenvalue weighted by molar-refractivity contribution is 0.489. The maximum absolute atomic E-state index is 4.23. The molecule has 0 radical (unpaired) electrons. The van der Waals surface area contributed by atoms with Crippen LogP contribution in [-0.4, -0.2) is 38.7 Å². The molecule has 1 N–H and O–H groups in total. The van der Waals surface area contributed by atoms with E-state index in [0.717, 1.165) is 11.5 Å². The fraction of sp³-hybridized carbons (Fsp3) is 0.375. The molecule has 0 unspecified atom stereocenters. The van der Waals surface area contributed by atoms with Gasteiger partial charge in [0.25, 0.3) is 5.78 Å². The number of hydrogen-bond acceptors (Lipinski definition) is 5. The van der Waals surface area contributed by atoms with E-state index in [9.17, 15) is 0 Å². The van der Waals surface area contributed by atoms with Gasteiger partial charge < -0.3 is 5.43 Å². The van der Waals surface area contributed by atoms with Gasteiger partial charge in [-0.25, -0.2) is 9.99 Å². The molecule has 0 aromatic carbocycles. The molecule has 0 saturated heterocycles. The first-order valence-electron chi connectivity index (χ1n) is 4.28. The number of fused-ring (bicyclic) bond motifs is 1. The maximum Gasteiger partial charge on any atom is 0.254 e. The molecule has 0 spiro atoms. The van der Waals surface area contributed by atoms with Gasteiger partial charge >= 0.3 is 0 Å². The Hall–Kier alpha value is -1.69. The van der Waals surface area contributed by atoms with Crippen LogP contribution in [0.2, 0.25) is 0 Å². The van der Waals surface area contributed by atoms with Crippen molar-refractivity contribution < 1.29 is 0 Å². The summed E-state index contributed by atoms with van der Waals surface area (Å²) in [6.45, 7) is 1.93. The number of nitrogens with zero attached hydrogens (tertiary/aromatic N) is 5. The van der Waals surface area contributed by atoms with Gasteiger partial charge in [-0.2, -0.15) is 14.6 Å². The van der Waals surface area contributed by atoms with E-state index >= 15 is 0 Å². The lowest BCUT2D eigenvalue weighted by Gasteiger charge is -2.14. The summed E-state index contributed by atoms with van der Waals surface area (Å²) in [5.74, 6) is 1.46. The molecule has 14 heavy (non-hydrogen) atoms. The van der Waals surface area contributed by atoms with Gasteiger partial charge in [0.2, 0.25) is 0 Å². The van der Waals surface area contributed by atoms with Crippen LogP contribution < -0.4 is 5.43 Å². The SMILES string of the molecule is Cc1cc(NN(C)C)n2ncnc2n1. The first-order valence-corrected chi connectivity index (χ1v) is 4.28. The molecule has 0 atom stereocenters. The summed E-state index contributed by atoms with van der Waals surface area (Å²) in [7, 11) is 3.83. The van der Waals surface area contributed by atoms with Gasteiger partial charge in [-0.1, -0.05) is 0 Å². The molecule has 6 heteroatoms. The summed E-state index contributed by atoms with van der Waals surface area (Å²) in [6, 6.07) is 1.92. The highest BCUT2D eigenvalue weighted by atomic mass is 15.5. The molecule has 2 rings (SSSR count). The summed E-state index contributed by atoms with van der Waals surface area (Å²) in [4.78, 5) is 8.26. The molecule has 0 bridgehead atoms. The first-order chi connectivity index (χ1) is 6.66. The lowest BCUT2D eigenvalue weighted by Crippen LogP contribution is -2.22. The van der Waals surface area contributed by atoms with Crippen molar-refractivity contribution in [2.45, 2.75) is 6.92 Å². The smallest absolute Gasteiger partial charge is 0.254 e. The number of hydrazine groups is 1. The van der Waals surface area contributed by atoms with Crippen LogP contribution in [0.25, 0.3) is 5.78 Å². The molecule has 0 amide bonds. The summed E-state index contributed by atoms with van der Waals surface area (Å²) in [5.41, 5.74) is 4.04. The van der Waals surface area contributed by atoms with Crippen molar-refractivity contribution in [1.29, 1.82) is 0 Å². The van der Waals surface area contributed by atoms with Crippen molar-refractivity contribution in [3.05, 3.63) is 18.1 Å². The van der Waals surface area contributed by atoms with Crippen LogP contribution in [-0.2, 0) is 0 Å². The molecule has 2 aromatic heterocycles. The van der Waals surface area contributed by atoms with E-state index < -0.39 is 0 Å². The van der Waals surface area contributed by atoms with Crippen LogP contribution in [0.1, 0.15) is 5.69 Å². The Morgan fingerprint density at radius 3 is 2.93 bits per heavy atom. The van der Waals surface area contributed by atoms with Crippen LogP contribution in [0.5, 0.6) is 0 Å². The largest absolute Gasteiger partial charge is 0.303 e. The molecule has 6 nitrogen and oxygen atoms in total. The maximum atomic E-state index is 4.23. The minimum atomic E-state index is 0.606. The van der Waals surface area contributed by atoms with Crippen LogP contribution in [0.3, 0.4) is 0 Å². The Bertz CT molecular complexity index is 446. The van der Waals surface area contributed by atoms with E-state index in [-0.39, 0.29) is 0 Å². The summed E-state index contributed by atoms with van der Waals surface area (Å²) in [6.07, 6.45) is 1.49. The Kier molecular flexibility index (Phi) is 2.05. The summed E-state index contributed by atoms with van der Waals surface area (Å²) in [5, 5.41) is 5.91. The fourth-order valence-corrected chi connectivity index (χ4v) is 1.24. The first kappa shape index (κ1) is 8.89. The lowest BCUT2D eigenvalue weighted by atomic mass is 10.4. The van der Waals surface area contributed by atoms with Crippen LogP contribution in [0, 0.1) is 6.92 Å². The van der Waals surface area contributed by atoms with Crippen molar-refractivity contribution in [3.8, 4) is 0 Å².